The minimum absolute atomic E-state index is 0.154. The first kappa shape index (κ1) is 18.3. The zero-order valence-corrected chi connectivity index (χ0v) is 15.0. The molecule has 0 aliphatic carbocycles. The zero-order valence-electron chi connectivity index (χ0n) is 12.7. The average Bonchev–Trinajstić information content (AvgIpc) is 2.31. The standard InChI is InChI=1S/C11H18O9Si2/c1-6(12)16-10-5-21(18-8(3)14)22(19-9(4)15)20-11(10)17-7(2)13/h10-11,21-22H,5H2,1-4H3. The van der Waals surface area contributed by atoms with Crippen LogP contribution in [0.1, 0.15) is 27.7 Å². The van der Waals surface area contributed by atoms with Crippen LogP contribution < -0.4 is 0 Å². The van der Waals surface area contributed by atoms with Crippen molar-refractivity contribution in [1.82, 2.24) is 0 Å². The summed E-state index contributed by atoms with van der Waals surface area (Å²) in [7, 11) is -5.08. The Hall–Kier alpha value is -1.73. The molecular formula is C11H18O9Si2. The fourth-order valence-corrected chi connectivity index (χ4v) is 9.16. The number of esters is 2. The maximum atomic E-state index is 11.2. The third-order valence-electron chi connectivity index (χ3n) is 2.54. The van der Waals surface area contributed by atoms with Gasteiger partial charge in [0.15, 0.2) is 6.10 Å². The Morgan fingerprint density at radius 2 is 1.41 bits per heavy atom. The van der Waals surface area contributed by atoms with E-state index in [4.69, 9.17) is 22.8 Å². The van der Waals surface area contributed by atoms with E-state index in [-0.39, 0.29) is 6.04 Å². The highest BCUT2D eigenvalue weighted by Gasteiger charge is 2.49. The smallest absolute Gasteiger partial charge is 0.407 e. The molecule has 1 aliphatic heterocycles. The quantitative estimate of drug-likeness (QED) is 0.357. The average molecular weight is 350 g/mol. The molecule has 124 valence electrons. The monoisotopic (exact) mass is 350 g/mol. The van der Waals surface area contributed by atoms with Crippen LogP contribution in [0.2, 0.25) is 6.04 Å². The van der Waals surface area contributed by atoms with Crippen molar-refractivity contribution in [1.29, 1.82) is 0 Å². The van der Waals surface area contributed by atoms with Crippen LogP contribution in [0, 0.1) is 0 Å². The Balaban J connectivity index is 2.92. The van der Waals surface area contributed by atoms with Gasteiger partial charge in [0.1, 0.15) is 0 Å². The predicted octanol–water partition coefficient (Wildman–Crippen LogP) is -1.01. The summed E-state index contributed by atoms with van der Waals surface area (Å²) in [6.07, 6.45) is -2.06. The Morgan fingerprint density at radius 1 is 0.864 bits per heavy atom. The van der Waals surface area contributed by atoms with Crippen LogP contribution in [-0.2, 0) is 41.9 Å². The summed E-state index contributed by atoms with van der Waals surface area (Å²) in [5, 5.41) is 0. The van der Waals surface area contributed by atoms with Crippen molar-refractivity contribution in [3.05, 3.63) is 0 Å². The molecule has 9 nitrogen and oxygen atoms in total. The summed E-state index contributed by atoms with van der Waals surface area (Å²) >= 11 is 0. The van der Waals surface area contributed by atoms with Crippen LogP contribution in [0.5, 0.6) is 0 Å². The number of carbonyl (C=O) groups excluding carboxylic acids is 4. The third kappa shape index (κ3) is 5.95. The molecule has 0 bridgehead atoms. The van der Waals surface area contributed by atoms with Crippen molar-refractivity contribution in [2.24, 2.45) is 0 Å². The van der Waals surface area contributed by atoms with Gasteiger partial charge in [-0.25, -0.2) is 0 Å². The lowest BCUT2D eigenvalue weighted by Crippen LogP contribution is -2.58. The van der Waals surface area contributed by atoms with Gasteiger partial charge in [-0.2, -0.15) is 0 Å². The van der Waals surface area contributed by atoms with E-state index in [9.17, 15) is 19.2 Å². The summed E-state index contributed by atoms with van der Waals surface area (Å²) in [4.78, 5) is 44.6. The van der Waals surface area contributed by atoms with Crippen molar-refractivity contribution in [3.63, 3.8) is 0 Å². The lowest BCUT2D eigenvalue weighted by atomic mass is 10.4. The highest BCUT2D eigenvalue weighted by atomic mass is 29.2. The molecule has 0 aromatic heterocycles. The van der Waals surface area contributed by atoms with Crippen molar-refractivity contribution in [2.75, 3.05) is 0 Å². The minimum atomic E-state index is -2.68. The van der Waals surface area contributed by atoms with E-state index < -0.39 is 53.6 Å². The lowest BCUT2D eigenvalue weighted by Gasteiger charge is -2.36. The van der Waals surface area contributed by atoms with Crippen LogP contribution in [0.15, 0.2) is 0 Å². The molecule has 0 saturated carbocycles. The van der Waals surface area contributed by atoms with E-state index in [1.165, 1.54) is 27.7 Å². The van der Waals surface area contributed by atoms with E-state index in [0.29, 0.717) is 0 Å². The fourth-order valence-electron chi connectivity index (χ4n) is 1.93. The number of rotatable bonds is 4. The summed E-state index contributed by atoms with van der Waals surface area (Å²) in [5.74, 6) is -2.33. The largest absolute Gasteiger partial charge is 0.518 e. The molecule has 0 N–H and O–H groups in total. The second-order valence-corrected chi connectivity index (χ2v) is 11.5. The Kier molecular flexibility index (Phi) is 6.71. The summed E-state index contributed by atoms with van der Waals surface area (Å²) in [6, 6.07) is 0.154. The van der Waals surface area contributed by atoms with Gasteiger partial charge in [0, 0.05) is 33.7 Å². The maximum Gasteiger partial charge on any atom is 0.407 e. The molecule has 1 saturated heterocycles. The second-order valence-electron chi connectivity index (χ2n) is 4.62. The fraction of sp³-hybridized carbons (Fsp3) is 0.636. The molecule has 0 spiro atoms. The van der Waals surface area contributed by atoms with Crippen LogP contribution in [-0.4, -0.2) is 53.6 Å². The summed E-state index contributed by atoms with van der Waals surface area (Å²) in [5.41, 5.74) is 0. The number of ether oxygens (including phenoxy) is 2. The maximum absolute atomic E-state index is 11.2. The summed E-state index contributed by atoms with van der Waals surface area (Å²) in [6.45, 7) is 4.80. The van der Waals surface area contributed by atoms with Gasteiger partial charge in [-0.3, -0.25) is 19.2 Å². The molecule has 0 aromatic carbocycles. The van der Waals surface area contributed by atoms with Gasteiger partial charge in [-0.05, 0) is 0 Å². The lowest BCUT2D eigenvalue weighted by molar-refractivity contribution is -0.192. The van der Waals surface area contributed by atoms with E-state index in [1.54, 1.807) is 0 Å². The van der Waals surface area contributed by atoms with Crippen LogP contribution in [0.25, 0.3) is 0 Å². The first-order valence-electron chi connectivity index (χ1n) is 6.53. The van der Waals surface area contributed by atoms with Crippen molar-refractivity contribution < 1.29 is 41.9 Å². The van der Waals surface area contributed by atoms with Crippen molar-refractivity contribution in [3.8, 4) is 0 Å². The van der Waals surface area contributed by atoms with Crippen LogP contribution >= 0.6 is 0 Å². The molecule has 1 heterocycles. The van der Waals surface area contributed by atoms with Gasteiger partial charge in [0.2, 0.25) is 6.29 Å². The SMILES string of the molecule is CC(=O)OC1C[SiH](OC(C)=O)[SiH](OC(C)=O)OC1OC(C)=O. The molecule has 11 heteroatoms. The highest BCUT2D eigenvalue weighted by molar-refractivity contribution is 7.15. The minimum Gasteiger partial charge on any atom is -0.518 e. The molecule has 4 atom stereocenters. The molecular weight excluding hydrogens is 332 g/mol. The van der Waals surface area contributed by atoms with Gasteiger partial charge in [0.05, 0.1) is 0 Å². The number of carbonyl (C=O) groups is 4. The Labute approximate surface area is 130 Å². The van der Waals surface area contributed by atoms with Crippen LogP contribution in [0.4, 0.5) is 0 Å². The van der Waals surface area contributed by atoms with Crippen molar-refractivity contribution >= 4 is 41.2 Å². The Bertz CT molecular complexity index is 384. The predicted molar refractivity (Wildman–Crippen MR) is 74.8 cm³/mol. The van der Waals surface area contributed by atoms with Gasteiger partial charge in [-0.15, -0.1) is 0 Å². The molecule has 1 fully saturated rings. The molecule has 1 rings (SSSR count). The molecule has 22 heavy (non-hydrogen) atoms. The molecule has 4 unspecified atom stereocenters. The van der Waals surface area contributed by atoms with Gasteiger partial charge >= 0.3 is 29.3 Å². The first-order chi connectivity index (χ1) is 10.2. The van der Waals surface area contributed by atoms with Gasteiger partial charge in [-0.1, -0.05) is 0 Å². The number of hydrogen-bond acceptors (Lipinski definition) is 9. The molecule has 0 aromatic rings. The summed E-state index contributed by atoms with van der Waals surface area (Å²) < 4.78 is 25.8. The first-order valence-corrected chi connectivity index (χ1v) is 11.4. The van der Waals surface area contributed by atoms with Gasteiger partial charge < -0.3 is 22.8 Å². The Morgan fingerprint density at radius 3 is 1.86 bits per heavy atom. The van der Waals surface area contributed by atoms with E-state index >= 15 is 0 Å². The van der Waals surface area contributed by atoms with E-state index in [2.05, 4.69) is 0 Å². The zero-order chi connectivity index (χ0) is 16.9. The number of hydrogen-bond donors (Lipinski definition) is 0. The second kappa shape index (κ2) is 8.05. The molecule has 0 radical (unpaired) electrons. The van der Waals surface area contributed by atoms with Crippen molar-refractivity contribution in [2.45, 2.75) is 46.1 Å². The molecule has 0 amide bonds. The van der Waals surface area contributed by atoms with Gasteiger partial charge in [0.25, 0.3) is 11.9 Å². The third-order valence-corrected chi connectivity index (χ3v) is 9.74. The highest BCUT2D eigenvalue weighted by Crippen LogP contribution is 2.24. The topological polar surface area (TPSA) is 114 Å². The van der Waals surface area contributed by atoms with E-state index in [0.717, 1.165) is 0 Å². The van der Waals surface area contributed by atoms with Crippen LogP contribution in [0.3, 0.4) is 0 Å². The molecule has 1 aliphatic rings. The normalized spacial score (nSPS) is 27.5. The van der Waals surface area contributed by atoms with E-state index in [1.807, 2.05) is 0 Å².